The van der Waals surface area contributed by atoms with Crippen molar-refractivity contribution < 1.29 is 19.5 Å². The molecule has 7 nitrogen and oxygen atoms in total. The van der Waals surface area contributed by atoms with Crippen LogP contribution < -0.4 is 10.6 Å². The fourth-order valence-electron chi connectivity index (χ4n) is 5.80. The maximum Gasteiger partial charge on any atom is 0.324 e. The predicted octanol–water partition coefficient (Wildman–Crippen LogP) is 4.79. The highest BCUT2D eigenvalue weighted by Gasteiger charge is 2.68. The van der Waals surface area contributed by atoms with E-state index in [1.54, 1.807) is 0 Å². The highest BCUT2D eigenvalue weighted by molar-refractivity contribution is 7.98. The molecule has 4 atom stereocenters. The predicted molar refractivity (Wildman–Crippen MR) is 160 cm³/mol. The van der Waals surface area contributed by atoms with Crippen molar-refractivity contribution in [2.75, 3.05) is 30.4 Å². The van der Waals surface area contributed by atoms with Gasteiger partial charge in [-0.3, -0.25) is 24.6 Å². The van der Waals surface area contributed by atoms with E-state index in [-0.39, 0.29) is 18.9 Å². The standard InChI is InChI=1S/C32H33N3O4S/c1-40-21-18-32(31(38)39)27-26(29(36)35(30(27)37)20-19-33-25-10-6-3-7-11-25)28(34-32)24-16-14-23(15-17-24)13-12-22-8-4-2-5-9-22/h2-17,26-28,33-34H,18-21H2,1H3,(H,38,39)/b13-12+. The Balaban J connectivity index is 1.40. The Kier molecular flexibility index (Phi) is 8.38. The normalized spacial score (nSPS) is 24.0. The van der Waals surface area contributed by atoms with E-state index in [0.29, 0.717) is 12.3 Å². The molecule has 0 radical (unpaired) electrons. The summed E-state index contributed by atoms with van der Waals surface area (Å²) >= 11 is 1.52. The molecule has 8 heteroatoms. The molecule has 3 aromatic rings. The lowest BCUT2D eigenvalue weighted by atomic mass is 9.78. The van der Waals surface area contributed by atoms with Crippen molar-refractivity contribution in [1.82, 2.24) is 10.2 Å². The summed E-state index contributed by atoms with van der Waals surface area (Å²) in [6.45, 7) is 0.556. The first-order chi connectivity index (χ1) is 19.4. The van der Waals surface area contributed by atoms with E-state index < -0.39 is 35.3 Å². The van der Waals surface area contributed by atoms with Crippen LogP contribution in [0, 0.1) is 11.8 Å². The van der Waals surface area contributed by atoms with E-state index in [2.05, 4.69) is 10.6 Å². The molecule has 3 N–H and O–H groups in total. The van der Waals surface area contributed by atoms with E-state index in [9.17, 15) is 19.5 Å². The van der Waals surface area contributed by atoms with Crippen LogP contribution >= 0.6 is 11.8 Å². The third-order valence-electron chi connectivity index (χ3n) is 7.83. The molecular weight excluding hydrogens is 522 g/mol. The molecule has 2 fully saturated rings. The molecule has 5 rings (SSSR count). The minimum absolute atomic E-state index is 0.174. The van der Waals surface area contributed by atoms with Crippen LogP contribution in [0.25, 0.3) is 12.2 Å². The summed E-state index contributed by atoms with van der Waals surface area (Å²) in [6, 6.07) is 26.7. The number of hydrogen-bond acceptors (Lipinski definition) is 6. The second kappa shape index (κ2) is 12.1. The first-order valence-electron chi connectivity index (χ1n) is 13.4. The van der Waals surface area contributed by atoms with Gasteiger partial charge < -0.3 is 10.4 Å². The second-order valence-electron chi connectivity index (χ2n) is 10.2. The number of likely N-dealkylation sites (tertiary alicyclic amines) is 1. The lowest BCUT2D eigenvalue weighted by Gasteiger charge is -2.31. The van der Waals surface area contributed by atoms with Crippen LogP contribution in [0.1, 0.15) is 29.2 Å². The molecule has 3 aromatic carbocycles. The summed E-state index contributed by atoms with van der Waals surface area (Å²) in [5, 5.41) is 17.0. The third kappa shape index (κ3) is 5.42. The van der Waals surface area contributed by atoms with E-state index in [0.717, 1.165) is 22.4 Å². The zero-order chi connectivity index (χ0) is 28.1. The number of carbonyl (C=O) groups excluding carboxylic acids is 2. The maximum absolute atomic E-state index is 13.8. The number of carbonyl (C=O) groups is 3. The number of rotatable bonds is 11. The van der Waals surface area contributed by atoms with Crippen molar-refractivity contribution in [3.63, 3.8) is 0 Å². The van der Waals surface area contributed by atoms with Crippen LogP contribution in [0.15, 0.2) is 84.9 Å². The average molecular weight is 556 g/mol. The molecule has 2 heterocycles. The van der Waals surface area contributed by atoms with Gasteiger partial charge in [-0.1, -0.05) is 84.9 Å². The highest BCUT2D eigenvalue weighted by atomic mass is 32.2. The number of hydrogen-bond donors (Lipinski definition) is 3. The summed E-state index contributed by atoms with van der Waals surface area (Å²) in [4.78, 5) is 41.6. The number of nitrogens with zero attached hydrogens (tertiary/aromatic N) is 1. The molecule has 0 aliphatic carbocycles. The Morgan fingerprint density at radius 2 is 1.57 bits per heavy atom. The molecule has 2 amide bonds. The van der Waals surface area contributed by atoms with Crippen molar-refractivity contribution >= 4 is 47.4 Å². The van der Waals surface area contributed by atoms with Crippen LogP contribution in [0.2, 0.25) is 0 Å². The van der Waals surface area contributed by atoms with Crippen LogP contribution in [-0.4, -0.2) is 58.4 Å². The fraction of sp³-hybridized carbons (Fsp3) is 0.281. The first kappa shape index (κ1) is 27.7. The van der Waals surface area contributed by atoms with Gasteiger partial charge in [0.2, 0.25) is 11.8 Å². The Bertz CT molecular complexity index is 1380. The molecule has 206 valence electrons. The van der Waals surface area contributed by atoms with Gasteiger partial charge >= 0.3 is 5.97 Å². The Morgan fingerprint density at radius 1 is 0.950 bits per heavy atom. The van der Waals surface area contributed by atoms with Gasteiger partial charge in [0.15, 0.2) is 0 Å². The zero-order valence-corrected chi connectivity index (χ0v) is 23.1. The van der Waals surface area contributed by atoms with E-state index in [1.165, 1.54) is 16.7 Å². The minimum atomic E-state index is -1.52. The van der Waals surface area contributed by atoms with Crippen LogP contribution in [0.5, 0.6) is 0 Å². The molecule has 4 unspecified atom stereocenters. The van der Waals surface area contributed by atoms with Crippen molar-refractivity contribution in [3.05, 3.63) is 102 Å². The monoisotopic (exact) mass is 555 g/mol. The lowest BCUT2D eigenvalue weighted by Crippen LogP contribution is -2.56. The molecule has 2 aliphatic rings. The fourth-order valence-corrected chi connectivity index (χ4v) is 6.33. The number of benzene rings is 3. The number of anilines is 1. The minimum Gasteiger partial charge on any atom is -0.480 e. The topological polar surface area (TPSA) is 98.7 Å². The molecule has 2 saturated heterocycles. The Hall–Kier alpha value is -3.88. The molecule has 2 aliphatic heterocycles. The number of carboxylic acid groups (broad SMARTS) is 1. The number of thioether (sulfide) groups is 1. The van der Waals surface area contributed by atoms with E-state index >= 15 is 0 Å². The molecule has 0 saturated carbocycles. The van der Waals surface area contributed by atoms with Crippen molar-refractivity contribution in [2.24, 2.45) is 11.8 Å². The number of aliphatic carboxylic acids is 1. The van der Waals surface area contributed by atoms with E-state index in [4.69, 9.17) is 0 Å². The number of nitrogens with one attached hydrogen (secondary N) is 2. The number of fused-ring (bicyclic) bond motifs is 1. The largest absolute Gasteiger partial charge is 0.480 e. The van der Waals surface area contributed by atoms with Gasteiger partial charge in [-0.25, -0.2) is 0 Å². The molecule has 0 spiro atoms. The van der Waals surface area contributed by atoms with Crippen LogP contribution in [0.4, 0.5) is 5.69 Å². The average Bonchev–Trinajstić information content (AvgIpc) is 3.46. The molecule has 0 bridgehead atoms. The first-order valence-corrected chi connectivity index (χ1v) is 14.8. The SMILES string of the molecule is CSCCC1(C(=O)O)NC(c2ccc(/C=C/c3ccccc3)cc2)C2C(=O)N(CCNc3ccccc3)C(=O)C21. The third-order valence-corrected chi connectivity index (χ3v) is 8.44. The van der Waals surface area contributed by atoms with Gasteiger partial charge in [-0.05, 0) is 47.3 Å². The summed E-state index contributed by atoms with van der Waals surface area (Å²) in [5.74, 6) is -3.02. The molecule has 0 aromatic heterocycles. The lowest BCUT2D eigenvalue weighted by molar-refractivity contribution is -0.151. The number of para-hydroxylation sites is 1. The molecule has 40 heavy (non-hydrogen) atoms. The zero-order valence-electron chi connectivity index (χ0n) is 22.3. The maximum atomic E-state index is 13.8. The molecular formula is C32H33N3O4S. The van der Waals surface area contributed by atoms with Crippen LogP contribution in [-0.2, 0) is 14.4 Å². The van der Waals surface area contributed by atoms with Crippen molar-refractivity contribution in [1.29, 1.82) is 0 Å². The van der Waals surface area contributed by atoms with Gasteiger partial charge in [0.05, 0.1) is 11.8 Å². The smallest absolute Gasteiger partial charge is 0.324 e. The Labute approximate surface area is 238 Å². The summed E-state index contributed by atoms with van der Waals surface area (Å²) in [7, 11) is 0. The summed E-state index contributed by atoms with van der Waals surface area (Å²) in [5.41, 5.74) is 2.24. The Morgan fingerprint density at radius 3 is 2.20 bits per heavy atom. The quantitative estimate of drug-likeness (QED) is 0.231. The van der Waals surface area contributed by atoms with Gasteiger partial charge in [0.25, 0.3) is 0 Å². The number of carboxylic acids is 1. The van der Waals surface area contributed by atoms with Crippen molar-refractivity contribution in [3.8, 4) is 0 Å². The van der Waals surface area contributed by atoms with Crippen molar-refractivity contribution in [2.45, 2.75) is 18.0 Å². The number of imide groups is 1. The summed E-state index contributed by atoms with van der Waals surface area (Å²) < 4.78 is 0. The highest BCUT2D eigenvalue weighted by Crippen LogP contribution is 2.50. The van der Waals surface area contributed by atoms with Crippen LogP contribution in [0.3, 0.4) is 0 Å². The summed E-state index contributed by atoms with van der Waals surface area (Å²) in [6.07, 6.45) is 6.19. The number of amides is 2. The van der Waals surface area contributed by atoms with Gasteiger partial charge in [0, 0.05) is 24.8 Å². The second-order valence-corrected chi connectivity index (χ2v) is 11.2. The van der Waals surface area contributed by atoms with E-state index in [1.807, 2.05) is 103 Å². The van der Waals surface area contributed by atoms with Gasteiger partial charge in [0.1, 0.15) is 5.54 Å². The van der Waals surface area contributed by atoms with Gasteiger partial charge in [-0.15, -0.1) is 0 Å². The van der Waals surface area contributed by atoms with Gasteiger partial charge in [-0.2, -0.15) is 11.8 Å².